The molecule has 2 aromatic rings. The van der Waals surface area contributed by atoms with Crippen molar-refractivity contribution in [1.82, 2.24) is 9.62 Å². The van der Waals surface area contributed by atoms with Crippen molar-refractivity contribution in [3.8, 4) is 0 Å². The molecule has 0 fully saturated rings. The van der Waals surface area contributed by atoms with Crippen molar-refractivity contribution in [2.24, 2.45) is 0 Å². The molecule has 1 atom stereocenters. The first kappa shape index (κ1) is 20.7. The largest absolute Gasteiger partial charge is 0.467 e. The third-order valence-corrected chi connectivity index (χ3v) is 5.69. The zero-order valence-corrected chi connectivity index (χ0v) is 16.4. The van der Waals surface area contributed by atoms with Gasteiger partial charge in [-0.25, -0.2) is 17.5 Å². The van der Waals surface area contributed by atoms with E-state index in [1.165, 1.54) is 45.5 Å². The summed E-state index contributed by atoms with van der Waals surface area (Å²) in [6.07, 6.45) is 0.434. The highest BCUT2D eigenvalue weighted by Crippen LogP contribution is 2.19. The Kier molecular flexibility index (Phi) is 6.40. The van der Waals surface area contributed by atoms with Crippen molar-refractivity contribution in [3.05, 3.63) is 53.5 Å². The average molecular weight is 394 g/mol. The van der Waals surface area contributed by atoms with Crippen LogP contribution < -0.4 is 5.32 Å². The van der Waals surface area contributed by atoms with Crippen LogP contribution in [-0.2, 0) is 26.1 Å². The first-order chi connectivity index (χ1) is 12.6. The molecular formula is C18H22N2O6S. The number of amides is 1. The van der Waals surface area contributed by atoms with E-state index in [1.54, 1.807) is 19.1 Å². The van der Waals surface area contributed by atoms with Crippen LogP contribution in [-0.4, -0.2) is 44.8 Å². The molecule has 1 N–H and O–H groups in total. The molecule has 9 heteroatoms. The molecule has 1 aromatic carbocycles. The first-order valence-corrected chi connectivity index (χ1v) is 9.61. The minimum atomic E-state index is -3.69. The Morgan fingerprint density at radius 1 is 1.26 bits per heavy atom. The van der Waals surface area contributed by atoms with Gasteiger partial charge in [0.15, 0.2) is 6.10 Å². The molecule has 27 heavy (non-hydrogen) atoms. The molecule has 0 spiro atoms. The Hall–Kier alpha value is -2.65. The lowest BCUT2D eigenvalue weighted by Gasteiger charge is -2.16. The quantitative estimate of drug-likeness (QED) is 0.717. The van der Waals surface area contributed by atoms with Gasteiger partial charge in [-0.15, -0.1) is 0 Å². The normalized spacial score (nSPS) is 12.6. The number of nitrogens with one attached hydrogen (secondary N) is 1. The molecular weight excluding hydrogens is 372 g/mol. The molecule has 1 heterocycles. The van der Waals surface area contributed by atoms with E-state index in [9.17, 15) is 18.0 Å². The van der Waals surface area contributed by atoms with Gasteiger partial charge in [-0.1, -0.05) is 6.07 Å². The van der Waals surface area contributed by atoms with Crippen LogP contribution in [0.25, 0.3) is 0 Å². The average Bonchev–Trinajstić information content (AvgIpc) is 3.13. The minimum absolute atomic E-state index is 0.0278. The third-order valence-electron chi connectivity index (χ3n) is 3.88. The monoisotopic (exact) mass is 394 g/mol. The van der Waals surface area contributed by atoms with E-state index >= 15 is 0 Å². The topological polar surface area (TPSA) is 106 Å². The van der Waals surface area contributed by atoms with Gasteiger partial charge in [0.2, 0.25) is 10.0 Å². The fourth-order valence-electron chi connectivity index (χ4n) is 2.20. The molecule has 1 aromatic heterocycles. The summed E-state index contributed by atoms with van der Waals surface area (Å²) in [5.41, 5.74) is 0.629. The number of aryl methyl sites for hydroxylation is 1. The lowest BCUT2D eigenvalue weighted by atomic mass is 10.1. The number of hydrogen-bond acceptors (Lipinski definition) is 6. The van der Waals surface area contributed by atoms with E-state index in [4.69, 9.17) is 9.15 Å². The number of furan rings is 1. The molecule has 0 saturated heterocycles. The first-order valence-electron chi connectivity index (χ1n) is 8.17. The van der Waals surface area contributed by atoms with Gasteiger partial charge in [-0.3, -0.25) is 4.79 Å². The lowest BCUT2D eigenvalue weighted by molar-refractivity contribution is -0.129. The highest BCUT2D eigenvalue weighted by atomic mass is 32.2. The maximum Gasteiger partial charge on any atom is 0.339 e. The van der Waals surface area contributed by atoms with Crippen LogP contribution in [0.1, 0.15) is 28.6 Å². The number of nitrogens with zero attached hydrogens (tertiary/aromatic N) is 1. The predicted molar refractivity (Wildman–Crippen MR) is 97.5 cm³/mol. The molecule has 0 bridgehead atoms. The van der Waals surface area contributed by atoms with Gasteiger partial charge in [0.1, 0.15) is 5.76 Å². The van der Waals surface area contributed by atoms with Crippen LogP contribution in [0.5, 0.6) is 0 Å². The fourth-order valence-corrected chi connectivity index (χ4v) is 3.13. The van der Waals surface area contributed by atoms with Gasteiger partial charge in [-0.2, -0.15) is 0 Å². The zero-order chi connectivity index (χ0) is 20.2. The van der Waals surface area contributed by atoms with Gasteiger partial charge in [0, 0.05) is 14.1 Å². The van der Waals surface area contributed by atoms with E-state index in [0.717, 1.165) is 4.31 Å². The van der Waals surface area contributed by atoms with E-state index < -0.39 is 28.0 Å². The van der Waals surface area contributed by atoms with Crippen LogP contribution in [0.15, 0.2) is 45.9 Å². The summed E-state index contributed by atoms with van der Waals surface area (Å²) in [4.78, 5) is 24.5. The van der Waals surface area contributed by atoms with Crippen molar-refractivity contribution in [2.45, 2.75) is 31.4 Å². The summed E-state index contributed by atoms with van der Waals surface area (Å²) in [5, 5.41) is 2.59. The highest BCUT2D eigenvalue weighted by Gasteiger charge is 2.23. The van der Waals surface area contributed by atoms with E-state index in [2.05, 4.69) is 5.32 Å². The van der Waals surface area contributed by atoms with Crippen molar-refractivity contribution in [2.75, 3.05) is 14.1 Å². The van der Waals surface area contributed by atoms with E-state index in [-0.39, 0.29) is 17.0 Å². The number of ether oxygens (including phenoxy) is 1. The summed E-state index contributed by atoms with van der Waals surface area (Å²) in [6, 6.07) is 7.59. The Morgan fingerprint density at radius 3 is 2.56 bits per heavy atom. The number of esters is 1. The maximum absolute atomic E-state index is 12.4. The molecule has 146 valence electrons. The lowest BCUT2D eigenvalue weighted by Crippen LogP contribution is -2.35. The molecule has 0 aliphatic carbocycles. The summed E-state index contributed by atoms with van der Waals surface area (Å²) in [7, 11) is -0.890. The smallest absolute Gasteiger partial charge is 0.339 e. The Labute approximate surface area is 158 Å². The van der Waals surface area contributed by atoms with Gasteiger partial charge >= 0.3 is 5.97 Å². The standard InChI is InChI=1S/C18H22N2O6S/c1-12-7-8-15(27(23,24)20(3)4)10-16(12)18(22)26-13(2)17(21)19-11-14-6-5-9-25-14/h5-10,13H,11H2,1-4H3,(H,19,21)/t13-/m1/s1. The number of carbonyl (C=O) groups is 2. The number of carbonyl (C=O) groups excluding carboxylic acids is 2. The molecule has 0 aliphatic rings. The number of benzene rings is 1. The van der Waals surface area contributed by atoms with Crippen molar-refractivity contribution in [1.29, 1.82) is 0 Å². The van der Waals surface area contributed by atoms with Crippen LogP contribution in [0.4, 0.5) is 0 Å². The zero-order valence-electron chi connectivity index (χ0n) is 15.6. The Balaban J connectivity index is 2.09. The van der Waals surface area contributed by atoms with Crippen molar-refractivity contribution in [3.63, 3.8) is 0 Å². The molecule has 0 saturated carbocycles. The maximum atomic E-state index is 12.4. The van der Waals surface area contributed by atoms with Gasteiger partial charge in [0.25, 0.3) is 5.91 Å². The third kappa shape index (κ3) is 4.95. The second kappa shape index (κ2) is 8.36. The second-order valence-corrected chi connectivity index (χ2v) is 8.26. The predicted octanol–water partition coefficient (Wildman–Crippen LogP) is 1.70. The number of hydrogen-bond donors (Lipinski definition) is 1. The molecule has 0 radical (unpaired) electrons. The summed E-state index contributed by atoms with van der Waals surface area (Å²) in [6.45, 7) is 3.26. The molecule has 0 unspecified atom stereocenters. The second-order valence-electron chi connectivity index (χ2n) is 6.11. The number of sulfonamides is 1. The summed E-state index contributed by atoms with van der Waals surface area (Å²) in [5.74, 6) is -0.697. The minimum Gasteiger partial charge on any atom is -0.467 e. The molecule has 8 nitrogen and oxygen atoms in total. The van der Waals surface area contributed by atoms with Crippen molar-refractivity contribution < 1.29 is 27.2 Å². The summed E-state index contributed by atoms with van der Waals surface area (Å²) >= 11 is 0. The van der Waals surface area contributed by atoms with Gasteiger partial charge in [-0.05, 0) is 43.7 Å². The van der Waals surface area contributed by atoms with E-state index in [0.29, 0.717) is 11.3 Å². The van der Waals surface area contributed by atoms with Crippen LogP contribution >= 0.6 is 0 Å². The Bertz CT molecular complexity index is 919. The van der Waals surface area contributed by atoms with Crippen LogP contribution in [0.2, 0.25) is 0 Å². The van der Waals surface area contributed by atoms with E-state index in [1.807, 2.05) is 0 Å². The SMILES string of the molecule is Cc1ccc(S(=O)(=O)N(C)C)cc1C(=O)O[C@H](C)C(=O)NCc1ccco1. The van der Waals surface area contributed by atoms with Crippen molar-refractivity contribution >= 4 is 21.9 Å². The summed E-state index contributed by atoms with van der Waals surface area (Å²) < 4.78 is 35.8. The Morgan fingerprint density at radius 2 is 1.96 bits per heavy atom. The van der Waals surface area contributed by atoms with Gasteiger partial charge < -0.3 is 14.5 Å². The molecule has 1 amide bonds. The fraction of sp³-hybridized carbons (Fsp3) is 0.333. The highest BCUT2D eigenvalue weighted by molar-refractivity contribution is 7.89. The molecule has 0 aliphatic heterocycles. The number of rotatable bonds is 7. The molecule has 2 rings (SSSR count). The van der Waals surface area contributed by atoms with Gasteiger partial charge in [0.05, 0.1) is 23.3 Å². The van der Waals surface area contributed by atoms with Crippen LogP contribution in [0.3, 0.4) is 0 Å². The van der Waals surface area contributed by atoms with Crippen LogP contribution in [0, 0.1) is 6.92 Å².